The summed E-state index contributed by atoms with van der Waals surface area (Å²) in [5.41, 5.74) is 0.197. The van der Waals surface area contributed by atoms with Gasteiger partial charge < -0.3 is 9.64 Å². The fraction of sp³-hybridized carbons (Fsp3) is 0.467. The molecule has 0 saturated carbocycles. The molecule has 2 rings (SSSR count). The zero-order chi connectivity index (χ0) is 17.9. The molecule has 1 aromatic carbocycles. The average Bonchev–Trinajstić information content (AvgIpc) is 2.92. The molecule has 0 aliphatic carbocycles. The number of likely N-dealkylation sites (N-methyl/N-ethyl adjacent to an activating group) is 1. The zero-order valence-electron chi connectivity index (χ0n) is 13.3. The van der Waals surface area contributed by atoms with E-state index in [4.69, 9.17) is 16.3 Å². The van der Waals surface area contributed by atoms with E-state index in [9.17, 15) is 18.0 Å². The summed E-state index contributed by atoms with van der Waals surface area (Å²) in [6.07, 6.45) is 2.27. The molecule has 9 heteroatoms. The number of amides is 1. The lowest BCUT2D eigenvalue weighted by Crippen LogP contribution is -2.40. The number of hydrogen-bond donors (Lipinski definition) is 0. The fourth-order valence-electron chi connectivity index (χ4n) is 2.38. The second-order valence-electron chi connectivity index (χ2n) is 5.48. The topological polar surface area (TPSA) is 80.8 Å². The van der Waals surface area contributed by atoms with Crippen LogP contribution >= 0.6 is 23.4 Å². The maximum absolute atomic E-state index is 12.1. The van der Waals surface area contributed by atoms with Crippen LogP contribution in [0.4, 0.5) is 0 Å². The van der Waals surface area contributed by atoms with Crippen molar-refractivity contribution in [2.24, 2.45) is 0 Å². The van der Waals surface area contributed by atoms with Gasteiger partial charge in [0.2, 0.25) is 0 Å². The third-order valence-corrected chi connectivity index (χ3v) is 6.67. The van der Waals surface area contributed by atoms with Gasteiger partial charge in [0, 0.05) is 18.0 Å². The van der Waals surface area contributed by atoms with Crippen molar-refractivity contribution in [1.29, 1.82) is 0 Å². The molecular weight excluding hydrogens is 374 g/mol. The van der Waals surface area contributed by atoms with E-state index < -0.39 is 28.3 Å². The van der Waals surface area contributed by atoms with Gasteiger partial charge in [0.1, 0.15) is 0 Å². The normalized spacial score (nSPS) is 19.0. The summed E-state index contributed by atoms with van der Waals surface area (Å²) >= 11 is 7.45. The molecule has 1 amide bonds. The van der Waals surface area contributed by atoms with Gasteiger partial charge in [0.15, 0.2) is 16.4 Å². The molecule has 0 bridgehead atoms. The van der Waals surface area contributed by atoms with Gasteiger partial charge in [-0.3, -0.25) is 4.79 Å². The third kappa shape index (κ3) is 4.64. The first-order valence-corrected chi connectivity index (χ1v) is 10.6. The van der Waals surface area contributed by atoms with Crippen molar-refractivity contribution >= 4 is 45.1 Å². The van der Waals surface area contributed by atoms with Crippen LogP contribution < -0.4 is 0 Å². The minimum Gasteiger partial charge on any atom is -0.452 e. The van der Waals surface area contributed by atoms with E-state index in [0.717, 1.165) is 4.90 Å². The monoisotopic (exact) mass is 391 g/mol. The van der Waals surface area contributed by atoms with Crippen LogP contribution in [0.2, 0.25) is 5.02 Å². The number of carbonyl (C=O) groups is 2. The Morgan fingerprint density at radius 2 is 2.12 bits per heavy atom. The summed E-state index contributed by atoms with van der Waals surface area (Å²) in [5.74, 6) is -1.10. The van der Waals surface area contributed by atoms with Crippen molar-refractivity contribution in [1.82, 2.24) is 4.90 Å². The SMILES string of the molecule is CSc1ccc(Cl)c(C(=O)OCC(=O)N(C)[C@H]2CCS(=O)(=O)C2)c1. The molecule has 6 nitrogen and oxygen atoms in total. The van der Waals surface area contributed by atoms with Gasteiger partial charge in [-0.2, -0.15) is 0 Å². The predicted octanol–water partition coefficient (Wildman–Crippen LogP) is 1.86. The second-order valence-corrected chi connectivity index (χ2v) is 9.00. The van der Waals surface area contributed by atoms with E-state index >= 15 is 0 Å². The molecule has 0 radical (unpaired) electrons. The van der Waals surface area contributed by atoms with Gasteiger partial charge in [0.05, 0.1) is 22.1 Å². The van der Waals surface area contributed by atoms with E-state index in [2.05, 4.69) is 0 Å². The first kappa shape index (κ1) is 19.1. The van der Waals surface area contributed by atoms with Gasteiger partial charge >= 0.3 is 5.97 Å². The molecule has 1 aliphatic heterocycles. The highest BCUT2D eigenvalue weighted by Gasteiger charge is 2.33. The highest BCUT2D eigenvalue weighted by atomic mass is 35.5. The lowest BCUT2D eigenvalue weighted by molar-refractivity contribution is -0.134. The van der Waals surface area contributed by atoms with Crippen molar-refractivity contribution in [3.8, 4) is 0 Å². The Balaban J connectivity index is 1.95. The molecule has 1 heterocycles. The van der Waals surface area contributed by atoms with E-state index in [-0.39, 0.29) is 28.1 Å². The second kappa shape index (κ2) is 7.76. The zero-order valence-corrected chi connectivity index (χ0v) is 15.7. The number of rotatable bonds is 5. The number of nitrogens with zero attached hydrogens (tertiary/aromatic N) is 1. The summed E-state index contributed by atoms with van der Waals surface area (Å²) in [7, 11) is -1.57. The van der Waals surface area contributed by atoms with E-state index in [1.807, 2.05) is 6.26 Å². The van der Waals surface area contributed by atoms with Crippen LogP contribution in [-0.2, 0) is 19.4 Å². The van der Waals surface area contributed by atoms with Crippen LogP contribution in [-0.4, -0.2) is 62.7 Å². The largest absolute Gasteiger partial charge is 0.452 e. The smallest absolute Gasteiger partial charge is 0.340 e. The van der Waals surface area contributed by atoms with Crippen LogP contribution in [0, 0.1) is 0 Å². The Labute approximate surface area is 150 Å². The Hall–Kier alpha value is -1.25. The summed E-state index contributed by atoms with van der Waals surface area (Å²) in [4.78, 5) is 26.4. The maximum atomic E-state index is 12.1. The molecule has 1 atom stereocenters. The van der Waals surface area contributed by atoms with Crippen LogP contribution in [0.5, 0.6) is 0 Å². The first-order chi connectivity index (χ1) is 11.2. The molecule has 1 aliphatic rings. The summed E-state index contributed by atoms with van der Waals surface area (Å²) in [6.45, 7) is -0.453. The van der Waals surface area contributed by atoms with Gasteiger partial charge in [0.25, 0.3) is 5.91 Å². The van der Waals surface area contributed by atoms with Crippen LogP contribution in [0.25, 0.3) is 0 Å². The van der Waals surface area contributed by atoms with Crippen molar-refractivity contribution in [3.05, 3.63) is 28.8 Å². The molecule has 0 spiro atoms. The molecule has 1 saturated heterocycles. The minimum atomic E-state index is -3.08. The van der Waals surface area contributed by atoms with Crippen molar-refractivity contribution < 1.29 is 22.7 Å². The lowest BCUT2D eigenvalue weighted by Gasteiger charge is -2.23. The van der Waals surface area contributed by atoms with Crippen LogP contribution in [0.15, 0.2) is 23.1 Å². The molecule has 24 heavy (non-hydrogen) atoms. The Bertz CT molecular complexity index is 750. The molecule has 132 valence electrons. The summed E-state index contributed by atoms with van der Waals surface area (Å²) in [6, 6.07) is 4.61. The molecule has 1 aromatic rings. The van der Waals surface area contributed by atoms with Crippen LogP contribution in [0.1, 0.15) is 16.8 Å². The molecule has 1 fully saturated rings. The maximum Gasteiger partial charge on any atom is 0.340 e. The summed E-state index contributed by atoms with van der Waals surface area (Å²) in [5, 5.41) is 0.250. The van der Waals surface area contributed by atoms with E-state index in [1.54, 1.807) is 18.2 Å². The standard InChI is InChI=1S/C15H18ClNO5S2/c1-17(10-5-6-24(20,21)9-10)14(18)8-22-15(19)12-7-11(23-2)3-4-13(12)16/h3-4,7,10H,5-6,8-9H2,1-2H3/t10-/m0/s1. The Kier molecular flexibility index (Phi) is 6.17. The van der Waals surface area contributed by atoms with Gasteiger partial charge in [-0.1, -0.05) is 11.6 Å². The Morgan fingerprint density at radius 3 is 2.71 bits per heavy atom. The number of hydrogen-bond acceptors (Lipinski definition) is 6. The van der Waals surface area contributed by atoms with E-state index in [0.29, 0.717) is 6.42 Å². The lowest BCUT2D eigenvalue weighted by atomic mass is 10.2. The Morgan fingerprint density at radius 1 is 1.42 bits per heavy atom. The third-order valence-electron chi connectivity index (χ3n) is 3.87. The number of benzene rings is 1. The minimum absolute atomic E-state index is 0.0508. The fourth-order valence-corrected chi connectivity index (χ4v) is 4.79. The molecule has 0 unspecified atom stereocenters. The highest BCUT2D eigenvalue weighted by Crippen LogP contribution is 2.24. The first-order valence-electron chi connectivity index (χ1n) is 7.20. The van der Waals surface area contributed by atoms with Gasteiger partial charge in [-0.15, -0.1) is 11.8 Å². The van der Waals surface area contributed by atoms with E-state index in [1.165, 1.54) is 23.7 Å². The van der Waals surface area contributed by atoms with Crippen molar-refractivity contribution in [2.75, 3.05) is 31.4 Å². The quantitative estimate of drug-likeness (QED) is 0.563. The number of esters is 1. The highest BCUT2D eigenvalue weighted by molar-refractivity contribution is 7.98. The number of thioether (sulfide) groups is 1. The van der Waals surface area contributed by atoms with Gasteiger partial charge in [-0.05, 0) is 30.9 Å². The molecule has 0 aromatic heterocycles. The van der Waals surface area contributed by atoms with Crippen molar-refractivity contribution in [2.45, 2.75) is 17.4 Å². The number of ether oxygens (including phenoxy) is 1. The number of sulfone groups is 1. The van der Waals surface area contributed by atoms with Gasteiger partial charge in [-0.25, -0.2) is 13.2 Å². The predicted molar refractivity (Wildman–Crippen MR) is 93.3 cm³/mol. The molecular formula is C15H18ClNO5S2. The van der Waals surface area contributed by atoms with Crippen LogP contribution in [0.3, 0.4) is 0 Å². The van der Waals surface area contributed by atoms with Crippen molar-refractivity contribution in [3.63, 3.8) is 0 Å². The summed E-state index contributed by atoms with van der Waals surface area (Å²) < 4.78 is 28.0. The number of carbonyl (C=O) groups excluding carboxylic acids is 2. The molecule has 0 N–H and O–H groups in total. The average molecular weight is 392 g/mol. The number of halogens is 1.